The second kappa shape index (κ2) is 4.04. The molecule has 19 heavy (non-hydrogen) atoms. The molecule has 0 atom stereocenters. The number of hydrogen-bond acceptors (Lipinski definition) is 2. The van der Waals surface area contributed by atoms with Gasteiger partial charge in [-0.2, -0.15) is 0 Å². The average Bonchev–Trinajstić information content (AvgIpc) is 3.11. The van der Waals surface area contributed by atoms with Gasteiger partial charge in [-0.1, -0.05) is 26.8 Å². The Bertz CT molecular complexity index is 760. The zero-order valence-electron chi connectivity index (χ0n) is 11.5. The standard InChI is InChI=1S/C15H18N2OS/c1-15(2,3)9-4-7-12-11(8-9)13(18)17(10-5-6-10)14(19)16-12/h4,7-8,10H,5-6H2,1-3H3,(H,16,19). The van der Waals surface area contributed by atoms with E-state index in [1.807, 2.05) is 12.1 Å². The molecule has 3 nitrogen and oxygen atoms in total. The molecule has 1 saturated carbocycles. The van der Waals surface area contributed by atoms with E-state index in [1.165, 1.54) is 5.56 Å². The van der Waals surface area contributed by atoms with E-state index in [0.29, 0.717) is 10.8 Å². The van der Waals surface area contributed by atoms with E-state index in [9.17, 15) is 4.79 Å². The van der Waals surface area contributed by atoms with Crippen molar-refractivity contribution in [2.24, 2.45) is 0 Å². The largest absolute Gasteiger partial charge is 0.332 e. The molecule has 1 fully saturated rings. The van der Waals surface area contributed by atoms with E-state index in [4.69, 9.17) is 12.2 Å². The predicted octanol–water partition coefficient (Wildman–Crippen LogP) is 3.69. The molecule has 4 heteroatoms. The van der Waals surface area contributed by atoms with E-state index in [0.717, 1.165) is 23.7 Å². The molecule has 0 aliphatic heterocycles. The molecule has 0 radical (unpaired) electrons. The van der Waals surface area contributed by atoms with Crippen LogP contribution in [0.15, 0.2) is 23.0 Å². The molecule has 0 unspecified atom stereocenters. The first-order chi connectivity index (χ1) is 8.88. The Labute approximate surface area is 117 Å². The van der Waals surface area contributed by atoms with Crippen molar-refractivity contribution in [3.63, 3.8) is 0 Å². The maximum atomic E-state index is 12.6. The zero-order valence-corrected chi connectivity index (χ0v) is 12.3. The van der Waals surface area contributed by atoms with Crippen molar-refractivity contribution in [1.82, 2.24) is 9.55 Å². The van der Waals surface area contributed by atoms with Gasteiger partial charge >= 0.3 is 0 Å². The predicted molar refractivity (Wildman–Crippen MR) is 80.4 cm³/mol. The van der Waals surface area contributed by atoms with Crippen molar-refractivity contribution in [2.45, 2.75) is 45.1 Å². The third-order valence-corrected chi connectivity index (χ3v) is 4.01. The smallest absolute Gasteiger partial charge is 0.262 e. The second-order valence-corrected chi connectivity index (χ2v) is 6.73. The van der Waals surface area contributed by atoms with Gasteiger partial charge in [-0.05, 0) is 48.2 Å². The van der Waals surface area contributed by atoms with Crippen molar-refractivity contribution in [3.8, 4) is 0 Å². The number of aromatic amines is 1. The minimum atomic E-state index is 0.0394. The van der Waals surface area contributed by atoms with E-state index in [2.05, 4.69) is 31.8 Å². The van der Waals surface area contributed by atoms with Gasteiger partial charge in [-0.15, -0.1) is 0 Å². The minimum absolute atomic E-state index is 0.0394. The highest BCUT2D eigenvalue weighted by Gasteiger charge is 2.26. The summed E-state index contributed by atoms with van der Waals surface area (Å²) in [5, 5.41) is 0.743. The molecule has 0 bridgehead atoms. The van der Waals surface area contributed by atoms with Gasteiger partial charge < -0.3 is 4.98 Å². The van der Waals surface area contributed by atoms with Crippen molar-refractivity contribution in [1.29, 1.82) is 0 Å². The van der Waals surface area contributed by atoms with Crippen LogP contribution in [0.25, 0.3) is 10.9 Å². The first kappa shape index (κ1) is 12.6. The van der Waals surface area contributed by atoms with E-state index in [1.54, 1.807) is 4.57 Å². The lowest BCUT2D eigenvalue weighted by molar-refractivity contribution is 0.590. The van der Waals surface area contributed by atoms with Crippen LogP contribution in [0.3, 0.4) is 0 Å². The van der Waals surface area contributed by atoms with Crippen molar-refractivity contribution >= 4 is 23.1 Å². The van der Waals surface area contributed by atoms with Gasteiger partial charge in [-0.25, -0.2) is 0 Å². The summed E-state index contributed by atoms with van der Waals surface area (Å²) in [4.78, 5) is 15.8. The van der Waals surface area contributed by atoms with Gasteiger partial charge in [0.15, 0.2) is 4.77 Å². The van der Waals surface area contributed by atoms with Crippen molar-refractivity contribution < 1.29 is 0 Å². The Kier molecular flexibility index (Phi) is 2.68. The van der Waals surface area contributed by atoms with Gasteiger partial charge in [0.2, 0.25) is 0 Å². The molecular formula is C15H18N2OS. The molecule has 1 aliphatic carbocycles. The summed E-state index contributed by atoms with van der Waals surface area (Å²) in [5.74, 6) is 0. The average molecular weight is 274 g/mol. The maximum Gasteiger partial charge on any atom is 0.262 e. The number of H-pyrrole nitrogens is 1. The topological polar surface area (TPSA) is 37.8 Å². The molecule has 1 heterocycles. The molecule has 1 aromatic carbocycles. The fraction of sp³-hybridized carbons (Fsp3) is 0.467. The molecule has 100 valence electrons. The second-order valence-electron chi connectivity index (χ2n) is 6.35. The highest BCUT2D eigenvalue weighted by molar-refractivity contribution is 7.71. The van der Waals surface area contributed by atoms with Crippen LogP contribution in [-0.2, 0) is 5.41 Å². The first-order valence-electron chi connectivity index (χ1n) is 6.67. The summed E-state index contributed by atoms with van der Waals surface area (Å²) in [6.45, 7) is 6.45. The molecule has 0 amide bonds. The lowest BCUT2D eigenvalue weighted by Gasteiger charge is -2.19. The van der Waals surface area contributed by atoms with Crippen LogP contribution in [0, 0.1) is 4.77 Å². The molecular weight excluding hydrogens is 256 g/mol. The molecule has 1 N–H and O–H groups in total. The number of fused-ring (bicyclic) bond motifs is 1. The van der Waals surface area contributed by atoms with Crippen LogP contribution in [0.4, 0.5) is 0 Å². The first-order valence-corrected chi connectivity index (χ1v) is 7.08. The third kappa shape index (κ3) is 2.14. The molecule has 3 rings (SSSR count). The Morgan fingerprint density at radius 3 is 2.58 bits per heavy atom. The van der Waals surface area contributed by atoms with Gasteiger partial charge in [0.1, 0.15) is 0 Å². The quantitative estimate of drug-likeness (QED) is 0.805. The number of hydrogen-bond donors (Lipinski definition) is 1. The molecule has 2 aromatic rings. The third-order valence-electron chi connectivity index (χ3n) is 3.71. The molecule has 1 aliphatic rings. The number of aromatic nitrogens is 2. The molecule has 0 spiro atoms. The summed E-state index contributed by atoms with van der Waals surface area (Å²) in [6, 6.07) is 6.33. The van der Waals surface area contributed by atoms with E-state index in [-0.39, 0.29) is 11.0 Å². The normalized spacial score (nSPS) is 15.9. The molecule has 1 aromatic heterocycles. The molecule has 0 saturated heterocycles. The summed E-state index contributed by atoms with van der Waals surface area (Å²) >= 11 is 5.30. The zero-order chi connectivity index (χ0) is 13.8. The Morgan fingerprint density at radius 2 is 2.00 bits per heavy atom. The Morgan fingerprint density at radius 1 is 1.32 bits per heavy atom. The van der Waals surface area contributed by atoms with E-state index < -0.39 is 0 Å². The summed E-state index contributed by atoms with van der Waals surface area (Å²) in [6.07, 6.45) is 2.11. The number of rotatable bonds is 1. The summed E-state index contributed by atoms with van der Waals surface area (Å²) < 4.78 is 2.29. The fourth-order valence-corrected chi connectivity index (χ4v) is 2.70. The summed E-state index contributed by atoms with van der Waals surface area (Å²) in [5.41, 5.74) is 2.09. The SMILES string of the molecule is CC(C)(C)c1ccc2[nH]c(=S)n(C3CC3)c(=O)c2c1. The van der Waals surface area contributed by atoms with Crippen molar-refractivity contribution in [3.05, 3.63) is 38.9 Å². The van der Waals surface area contributed by atoms with Crippen LogP contribution >= 0.6 is 12.2 Å². The van der Waals surface area contributed by atoms with Gasteiger partial charge in [-0.3, -0.25) is 9.36 Å². The summed E-state index contributed by atoms with van der Waals surface area (Å²) in [7, 11) is 0. The lowest BCUT2D eigenvalue weighted by atomic mass is 9.86. The lowest BCUT2D eigenvalue weighted by Crippen LogP contribution is -2.22. The monoisotopic (exact) mass is 274 g/mol. The van der Waals surface area contributed by atoms with Crippen LogP contribution in [-0.4, -0.2) is 9.55 Å². The van der Waals surface area contributed by atoms with Crippen LogP contribution < -0.4 is 5.56 Å². The number of nitrogens with zero attached hydrogens (tertiary/aromatic N) is 1. The fourth-order valence-electron chi connectivity index (χ4n) is 2.36. The van der Waals surface area contributed by atoms with E-state index >= 15 is 0 Å². The number of benzene rings is 1. The van der Waals surface area contributed by atoms with Crippen LogP contribution in [0.1, 0.15) is 45.2 Å². The number of nitrogens with one attached hydrogen (secondary N) is 1. The highest BCUT2D eigenvalue weighted by atomic mass is 32.1. The van der Waals surface area contributed by atoms with Gasteiger partial charge in [0.25, 0.3) is 5.56 Å². The van der Waals surface area contributed by atoms with Crippen LogP contribution in [0.2, 0.25) is 0 Å². The highest BCUT2D eigenvalue weighted by Crippen LogP contribution is 2.34. The maximum absolute atomic E-state index is 12.6. The van der Waals surface area contributed by atoms with Crippen molar-refractivity contribution in [2.75, 3.05) is 0 Å². The van der Waals surface area contributed by atoms with Gasteiger partial charge in [0, 0.05) is 6.04 Å². The Balaban J connectivity index is 2.33. The minimum Gasteiger partial charge on any atom is -0.332 e. The van der Waals surface area contributed by atoms with Gasteiger partial charge in [0.05, 0.1) is 10.9 Å². The van der Waals surface area contributed by atoms with Crippen LogP contribution in [0.5, 0.6) is 0 Å². The Hall–Kier alpha value is -1.42.